The lowest BCUT2D eigenvalue weighted by atomic mass is 10.1. The Hall–Kier alpha value is -3.19. The number of nitrogens with zero attached hydrogens (tertiary/aromatic N) is 5. The van der Waals surface area contributed by atoms with Gasteiger partial charge in [-0.15, -0.1) is 10.2 Å². The average Bonchev–Trinajstić information content (AvgIpc) is 3.21. The van der Waals surface area contributed by atoms with Crippen molar-refractivity contribution in [3.63, 3.8) is 0 Å². The van der Waals surface area contributed by atoms with Crippen LogP contribution in [0, 0.1) is 23.0 Å². The maximum absolute atomic E-state index is 13.6. The number of hydrogen-bond donors (Lipinski definition) is 0. The summed E-state index contributed by atoms with van der Waals surface area (Å²) in [6, 6.07) is 16.6. The van der Waals surface area contributed by atoms with E-state index in [0.29, 0.717) is 12.2 Å². The van der Waals surface area contributed by atoms with Crippen LogP contribution in [-0.2, 0) is 7.05 Å². The number of anilines is 2. The lowest BCUT2D eigenvalue weighted by molar-refractivity contribution is -2.00. The Balaban J connectivity index is 0.000000748. The van der Waals surface area contributed by atoms with Gasteiger partial charge in [-0.05, 0) is 56.3 Å². The maximum atomic E-state index is 13.6. The highest BCUT2D eigenvalue weighted by Crippen LogP contribution is 2.26. The number of aromatic nitrogens is 1. The largest absolute Gasteiger partial charge is 0.368 e. The molecule has 0 unspecified atom stereocenters. The zero-order chi connectivity index (χ0) is 30.6. The van der Waals surface area contributed by atoms with Crippen LogP contribution < -0.4 is 28.4 Å². The topological polar surface area (TPSA) is 127 Å². The minimum atomic E-state index is -4.94. The van der Waals surface area contributed by atoms with Crippen molar-refractivity contribution >= 4 is 35.1 Å². The number of carbonyl (C=O) groups is 1. The molecule has 0 radical (unpaired) electrons. The van der Waals surface area contributed by atoms with E-state index in [1.165, 1.54) is 12.1 Å². The molecule has 0 saturated carbocycles. The smallest absolute Gasteiger partial charge is 0.270 e. The molecule has 1 amide bonds. The number of rotatable bonds is 4. The van der Waals surface area contributed by atoms with Gasteiger partial charge in [0.1, 0.15) is 11.5 Å². The van der Waals surface area contributed by atoms with Crippen LogP contribution in [0.5, 0.6) is 0 Å². The zero-order valence-corrected chi connectivity index (χ0v) is 25.2. The van der Waals surface area contributed by atoms with Gasteiger partial charge >= 0.3 is 0 Å². The second-order valence-corrected chi connectivity index (χ2v) is 11.5. The molecule has 0 N–H and O–H groups in total. The first-order valence-corrected chi connectivity index (χ1v) is 15.1. The third kappa shape index (κ3) is 8.00. The van der Waals surface area contributed by atoms with Crippen LogP contribution in [0.4, 0.5) is 15.8 Å². The monoisotopic (exact) mass is 621 g/mol. The Morgan fingerprint density at radius 3 is 2.21 bits per heavy atom. The molecule has 2 fully saturated rings. The fourth-order valence-electron chi connectivity index (χ4n) is 5.35. The first-order chi connectivity index (χ1) is 19.8. The zero-order valence-electron chi connectivity index (χ0n) is 23.7. The first-order valence-electron chi connectivity index (χ1n) is 13.5. The molecule has 3 heterocycles. The highest BCUT2D eigenvalue weighted by molar-refractivity contribution is 6.33. The van der Waals surface area contributed by atoms with E-state index in [0.717, 1.165) is 66.9 Å². The fourth-order valence-corrected chi connectivity index (χ4v) is 5.60. The van der Waals surface area contributed by atoms with Gasteiger partial charge in [0.05, 0.1) is 29.4 Å². The third-order valence-corrected chi connectivity index (χ3v) is 8.02. The first kappa shape index (κ1) is 31.7. The van der Waals surface area contributed by atoms with Crippen molar-refractivity contribution < 1.29 is 42.6 Å². The lowest BCUT2D eigenvalue weighted by Crippen LogP contribution is -2.68. The average molecular weight is 623 g/mol. The van der Waals surface area contributed by atoms with E-state index < -0.39 is 10.2 Å². The summed E-state index contributed by atoms with van der Waals surface area (Å²) in [6.07, 6.45) is 2.19. The fraction of sp³-hybridized carbons (Fsp3) is 0.379. The van der Waals surface area contributed by atoms with Crippen LogP contribution in [0.15, 0.2) is 54.6 Å². The number of benzene rings is 2. The summed E-state index contributed by atoms with van der Waals surface area (Å²) in [5, 5.41) is 0.787. The number of carbonyl (C=O) groups excluding carboxylic acids is 1. The minimum absolute atomic E-state index is 0.0480. The van der Waals surface area contributed by atoms with Crippen molar-refractivity contribution in [2.75, 3.05) is 55.6 Å². The Morgan fingerprint density at radius 1 is 1.00 bits per heavy atom. The van der Waals surface area contributed by atoms with Crippen molar-refractivity contribution in [1.82, 2.24) is 9.47 Å². The molecule has 2 aliphatic heterocycles. The Morgan fingerprint density at radius 2 is 1.62 bits per heavy atom. The molecule has 10 nitrogen and oxygen atoms in total. The molecular formula is C29H34Cl2FN5O5. The predicted molar refractivity (Wildman–Crippen MR) is 148 cm³/mol. The minimum Gasteiger partial charge on any atom is -0.368 e. The molecular weight excluding hydrogens is 588 g/mol. The van der Waals surface area contributed by atoms with E-state index in [1.54, 1.807) is 12.1 Å². The van der Waals surface area contributed by atoms with Crippen LogP contribution in [-0.4, -0.2) is 78.0 Å². The Bertz CT molecular complexity index is 1410. The van der Waals surface area contributed by atoms with Crippen LogP contribution in [0.1, 0.15) is 28.7 Å². The molecule has 1 aromatic heterocycles. The summed E-state index contributed by atoms with van der Waals surface area (Å²) in [5.41, 5.74) is 4.94. The molecule has 0 spiro atoms. The van der Waals surface area contributed by atoms with E-state index in [1.807, 2.05) is 40.8 Å². The van der Waals surface area contributed by atoms with Gasteiger partial charge in [-0.25, -0.2) is 27.6 Å². The maximum Gasteiger partial charge on any atom is 0.270 e. The van der Waals surface area contributed by atoms with E-state index >= 15 is 0 Å². The van der Waals surface area contributed by atoms with E-state index in [-0.39, 0.29) is 17.8 Å². The van der Waals surface area contributed by atoms with Gasteiger partial charge in [-0.3, -0.25) is 4.79 Å². The van der Waals surface area contributed by atoms with Crippen LogP contribution in [0.3, 0.4) is 0 Å². The molecule has 13 heteroatoms. The molecule has 0 bridgehead atoms. The van der Waals surface area contributed by atoms with Gasteiger partial charge in [-0.1, -0.05) is 23.7 Å². The van der Waals surface area contributed by atoms with E-state index in [9.17, 15) is 9.18 Å². The SMILES string of the molecule is Cc1c(C=[N+]2CCN(c3ccccc3Cl)CC2)cc(C(=O)N2CCN(c3ccc(F)cc3)C[C@@H]2C)n1C.[O-][Cl+3]([O-])([O-])[O-]. The highest BCUT2D eigenvalue weighted by Gasteiger charge is 2.31. The van der Waals surface area contributed by atoms with Crippen LogP contribution in [0.2, 0.25) is 5.02 Å². The summed E-state index contributed by atoms with van der Waals surface area (Å²) in [7, 11) is -2.98. The Kier molecular flexibility index (Phi) is 10.1. The quantitative estimate of drug-likeness (QED) is 0.365. The van der Waals surface area contributed by atoms with Gasteiger partial charge in [0.25, 0.3) is 5.91 Å². The van der Waals surface area contributed by atoms with Crippen molar-refractivity contribution in [2.24, 2.45) is 7.05 Å². The number of para-hydroxylation sites is 1. The molecule has 3 aromatic rings. The molecule has 1 atom stereocenters. The van der Waals surface area contributed by atoms with Crippen molar-refractivity contribution in [3.8, 4) is 0 Å². The predicted octanol–water partition coefficient (Wildman–Crippen LogP) is -0.327. The van der Waals surface area contributed by atoms with Crippen molar-refractivity contribution in [1.29, 1.82) is 0 Å². The number of piperazine rings is 2. The van der Waals surface area contributed by atoms with Gasteiger partial charge in [0, 0.05) is 44.1 Å². The second kappa shape index (κ2) is 13.4. The summed E-state index contributed by atoms with van der Waals surface area (Å²) in [4.78, 5) is 20.1. The number of amides is 1. The molecule has 226 valence electrons. The number of hydrogen-bond acceptors (Lipinski definition) is 7. The normalized spacial score (nSPS) is 17.6. The van der Waals surface area contributed by atoms with Crippen molar-refractivity contribution in [3.05, 3.63) is 82.4 Å². The molecule has 2 aromatic carbocycles. The van der Waals surface area contributed by atoms with Gasteiger partial charge in [-0.2, -0.15) is 0 Å². The molecule has 2 saturated heterocycles. The molecule has 0 aliphatic carbocycles. The van der Waals surface area contributed by atoms with Crippen molar-refractivity contribution in [2.45, 2.75) is 19.9 Å². The van der Waals surface area contributed by atoms with Crippen LogP contribution in [0.25, 0.3) is 0 Å². The van der Waals surface area contributed by atoms with E-state index in [2.05, 4.69) is 40.5 Å². The summed E-state index contributed by atoms with van der Waals surface area (Å²) >= 11 is 6.40. The van der Waals surface area contributed by atoms with Gasteiger partial charge in [0.15, 0.2) is 19.3 Å². The molecule has 42 heavy (non-hydrogen) atoms. The number of halogens is 3. The van der Waals surface area contributed by atoms with Gasteiger partial charge in [0.2, 0.25) is 0 Å². The summed E-state index contributed by atoms with van der Waals surface area (Å²) in [5.74, 6) is -0.181. The van der Waals surface area contributed by atoms with Crippen LogP contribution >= 0.6 is 11.6 Å². The standard InChI is InChI=1S/C29H34ClFN5O.ClHO4/c1-21-19-35(25-10-8-24(31)9-11-25)16-17-36(21)29(37)28-18-23(22(2)32(28)3)20-33-12-14-34(15-13-33)27-7-5-4-6-26(27)30;2-1(3,4)5/h4-11,18,20-21H,12-17,19H2,1-3H3;(H,2,3,4,5)/q+1;/p-1/t21-;/m0./s1. The summed E-state index contributed by atoms with van der Waals surface area (Å²) < 4.78 is 51.6. The molecule has 5 rings (SSSR count). The highest BCUT2D eigenvalue weighted by atomic mass is 35.7. The summed E-state index contributed by atoms with van der Waals surface area (Å²) in [6.45, 7) is 9.80. The molecule has 2 aliphatic rings. The van der Waals surface area contributed by atoms with E-state index in [4.69, 9.17) is 30.2 Å². The third-order valence-electron chi connectivity index (χ3n) is 7.70. The van der Waals surface area contributed by atoms with Gasteiger partial charge < -0.3 is 19.3 Å². The second-order valence-electron chi connectivity index (χ2n) is 10.4. The Labute approximate surface area is 251 Å². The lowest BCUT2D eigenvalue weighted by Gasteiger charge is -2.41.